The molecular weight excluding hydrogens is 290 g/mol. The second-order valence-corrected chi connectivity index (χ2v) is 6.08. The van der Waals surface area contributed by atoms with Crippen molar-refractivity contribution in [2.45, 2.75) is 32.7 Å². The van der Waals surface area contributed by atoms with Crippen molar-refractivity contribution in [3.05, 3.63) is 47.3 Å². The zero-order chi connectivity index (χ0) is 16.2. The van der Waals surface area contributed by atoms with Gasteiger partial charge < -0.3 is 10.1 Å². The first-order valence-corrected chi connectivity index (χ1v) is 8.18. The third-order valence-electron chi connectivity index (χ3n) is 4.06. The van der Waals surface area contributed by atoms with Crippen molar-refractivity contribution in [1.82, 2.24) is 15.1 Å². The smallest absolute Gasteiger partial charge is 0.269 e. The summed E-state index contributed by atoms with van der Waals surface area (Å²) in [6.45, 7) is 3.30. The van der Waals surface area contributed by atoms with Gasteiger partial charge in [-0.2, -0.15) is 5.10 Å². The molecule has 0 atom stereocenters. The standard InChI is InChI=1S/C18H23N3O2/c1-3-15-10-17(21(2)20-15)18(22)19-11-14-5-4-6-16(9-14)23-12-13-7-8-13/h4-6,9-10,13H,3,7-8,11-12H2,1-2H3,(H,19,22). The molecule has 0 saturated heterocycles. The Bertz CT molecular complexity index is 689. The highest BCUT2D eigenvalue weighted by Crippen LogP contribution is 2.29. The number of aryl methyl sites for hydroxylation is 2. The highest BCUT2D eigenvalue weighted by atomic mass is 16.5. The van der Waals surface area contributed by atoms with Gasteiger partial charge in [-0.05, 0) is 48.9 Å². The number of nitrogens with one attached hydrogen (secondary N) is 1. The average molecular weight is 313 g/mol. The predicted molar refractivity (Wildman–Crippen MR) is 88.4 cm³/mol. The van der Waals surface area contributed by atoms with E-state index in [9.17, 15) is 4.79 Å². The van der Waals surface area contributed by atoms with Crippen LogP contribution in [0.3, 0.4) is 0 Å². The molecule has 5 nitrogen and oxygen atoms in total. The van der Waals surface area contributed by atoms with Crippen molar-refractivity contribution < 1.29 is 9.53 Å². The van der Waals surface area contributed by atoms with E-state index in [1.165, 1.54) is 12.8 Å². The Hall–Kier alpha value is -2.30. The molecule has 1 fully saturated rings. The summed E-state index contributed by atoms with van der Waals surface area (Å²) in [7, 11) is 1.79. The lowest BCUT2D eigenvalue weighted by Gasteiger charge is -2.09. The minimum Gasteiger partial charge on any atom is -0.493 e. The summed E-state index contributed by atoms with van der Waals surface area (Å²) in [5.74, 6) is 1.50. The van der Waals surface area contributed by atoms with E-state index >= 15 is 0 Å². The lowest BCUT2D eigenvalue weighted by Crippen LogP contribution is -2.25. The summed E-state index contributed by atoms with van der Waals surface area (Å²) in [4.78, 5) is 12.3. The monoisotopic (exact) mass is 313 g/mol. The van der Waals surface area contributed by atoms with E-state index in [-0.39, 0.29) is 5.91 Å². The lowest BCUT2D eigenvalue weighted by molar-refractivity contribution is 0.0941. The first kappa shape index (κ1) is 15.6. The predicted octanol–water partition coefficient (Wildman–Crippen LogP) is 2.70. The first-order valence-electron chi connectivity index (χ1n) is 8.18. The molecule has 0 radical (unpaired) electrons. The molecule has 1 N–H and O–H groups in total. The van der Waals surface area contributed by atoms with Crippen LogP contribution in [0, 0.1) is 5.92 Å². The fourth-order valence-electron chi connectivity index (χ4n) is 2.43. The van der Waals surface area contributed by atoms with Gasteiger partial charge in [0.1, 0.15) is 11.4 Å². The zero-order valence-corrected chi connectivity index (χ0v) is 13.7. The summed E-state index contributed by atoms with van der Waals surface area (Å²) in [6.07, 6.45) is 3.38. The second-order valence-electron chi connectivity index (χ2n) is 6.08. The SMILES string of the molecule is CCc1cc(C(=O)NCc2cccc(OCC3CC3)c2)n(C)n1. The fraction of sp³-hybridized carbons (Fsp3) is 0.444. The number of ether oxygens (including phenoxy) is 1. The van der Waals surface area contributed by atoms with Crippen LogP contribution in [0.1, 0.15) is 41.5 Å². The number of carbonyl (C=O) groups excluding carboxylic acids is 1. The van der Waals surface area contributed by atoms with Crippen LogP contribution in [0.4, 0.5) is 0 Å². The van der Waals surface area contributed by atoms with Crippen molar-refractivity contribution in [3.8, 4) is 5.75 Å². The number of hydrogen-bond acceptors (Lipinski definition) is 3. The van der Waals surface area contributed by atoms with E-state index in [4.69, 9.17) is 4.74 Å². The molecular formula is C18H23N3O2. The molecule has 23 heavy (non-hydrogen) atoms. The molecule has 5 heteroatoms. The maximum Gasteiger partial charge on any atom is 0.269 e. The summed E-state index contributed by atoms with van der Waals surface area (Å²) in [6, 6.07) is 9.74. The van der Waals surface area contributed by atoms with Crippen LogP contribution in [0.5, 0.6) is 5.75 Å². The van der Waals surface area contributed by atoms with Gasteiger partial charge in [0.2, 0.25) is 0 Å². The molecule has 2 aromatic rings. The fourth-order valence-corrected chi connectivity index (χ4v) is 2.43. The van der Waals surface area contributed by atoms with Gasteiger partial charge in [-0.15, -0.1) is 0 Å². The number of nitrogens with zero attached hydrogens (tertiary/aromatic N) is 2. The van der Waals surface area contributed by atoms with E-state index in [0.717, 1.165) is 36.0 Å². The van der Waals surface area contributed by atoms with Gasteiger partial charge in [0, 0.05) is 13.6 Å². The van der Waals surface area contributed by atoms with Gasteiger partial charge in [0.25, 0.3) is 5.91 Å². The summed E-state index contributed by atoms with van der Waals surface area (Å²) in [5.41, 5.74) is 2.54. The Morgan fingerprint density at radius 3 is 2.91 bits per heavy atom. The zero-order valence-electron chi connectivity index (χ0n) is 13.7. The minimum atomic E-state index is -0.107. The third-order valence-corrected chi connectivity index (χ3v) is 4.06. The van der Waals surface area contributed by atoms with Crippen LogP contribution in [0.15, 0.2) is 30.3 Å². The van der Waals surface area contributed by atoms with E-state index in [2.05, 4.69) is 10.4 Å². The van der Waals surface area contributed by atoms with Gasteiger partial charge in [-0.1, -0.05) is 19.1 Å². The van der Waals surface area contributed by atoms with Crippen molar-refractivity contribution in [2.24, 2.45) is 13.0 Å². The number of amides is 1. The first-order chi connectivity index (χ1) is 11.2. The Balaban J connectivity index is 1.57. The molecule has 122 valence electrons. The molecule has 1 saturated carbocycles. The van der Waals surface area contributed by atoms with Gasteiger partial charge in [0.05, 0.1) is 12.3 Å². The largest absolute Gasteiger partial charge is 0.493 e. The second kappa shape index (κ2) is 6.86. The van der Waals surface area contributed by atoms with E-state index in [1.54, 1.807) is 11.7 Å². The Kier molecular flexibility index (Phi) is 4.65. The molecule has 0 aliphatic heterocycles. The van der Waals surface area contributed by atoms with Crippen LogP contribution in [0.2, 0.25) is 0 Å². The van der Waals surface area contributed by atoms with Crippen molar-refractivity contribution >= 4 is 5.91 Å². The normalized spacial score (nSPS) is 13.8. The number of benzene rings is 1. The lowest BCUT2D eigenvalue weighted by atomic mass is 10.2. The van der Waals surface area contributed by atoms with Gasteiger partial charge >= 0.3 is 0 Å². The highest BCUT2D eigenvalue weighted by molar-refractivity contribution is 5.92. The van der Waals surface area contributed by atoms with Crippen LogP contribution in [-0.4, -0.2) is 22.3 Å². The summed E-state index contributed by atoms with van der Waals surface area (Å²) < 4.78 is 7.40. The minimum absolute atomic E-state index is 0.107. The number of aromatic nitrogens is 2. The molecule has 0 unspecified atom stereocenters. The molecule has 1 aromatic carbocycles. The number of carbonyl (C=O) groups is 1. The maximum absolute atomic E-state index is 12.3. The van der Waals surface area contributed by atoms with Crippen LogP contribution < -0.4 is 10.1 Å². The van der Waals surface area contributed by atoms with Gasteiger partial charge in [0.15, 0.2) is 0 Å². The Morgan fingerprint density at radius 2 is 2.22 bits per heavy atom. The van der Waals surface area contributed by atoms with E-state index in [1.807, 2.05) is 37.3 Å². The molecule has 1 heterocycles. The quantitative estimate of drug-likeness (QED) is 0.855. The topological polar surface area (TPSA) is 56.1 Å². The van der Waals surface area contributed by atoms with E-state index < -0.39 is 0 Å². The highest BCUT2D eigenvalue weighted by Gasteiger charge is 2.21. The van der Waals surface area contributed by atoms with E-state index in [0.29, 0.717) is 12.2 Å². The maximum atomic E-state index is 12.3. The number of rotatable bonds is 7. The molecule has 0 spiro atoms. The summed E-state index contributed by atoms with van der Waals surface area (Å²) >= 11 is 0. The average Bonchev–Trinajstić information content (AvgIpc) is 3.32. The Morgan fingerprint density at radius 1 is 1.39 bits per heavy atom. The molecule has 3 rings (SSSR count). The molecule has 1 aromatic heterocycles. The van der Waals surface area contributed by atoms with Crippen LogP contribution in [-0.2, 0) is 20.0 Å². The van der Waals surface area contributed by atoms with Crippen LogP contribution in [0.25, 0.3) is 0 Å². The van der Waals surface area contributed by atoms with Crippen molar-refractivity contribution in [2.75, 3.05) is 6.61 Å². The van der Waals surface area contributed by atoms with Crippen LogP contribution >= 0.6 is 0 Å². The van der Waals surface area contributed by atoms with Gasteiger partial charge in [-0.25, -0.2) is 0 Å². The molecule has 1 amide bonds. The molecule has 1 aliphatic rings. The van der Waals surface area contributed by atoms with Crippen molar-refractivity contribution in [1.29, 1.82) is 0 Å². The third kappa shape index (κ3) is 4.12. The van der Waals surface area contributed by atoms with Crippen molar-refractivity contribution in [3.63, 3.8) is 0 Å². The Labute approximate surface area is 136 Å². The number of hydrogen-bond donors (Lipinski definition) is 1. The molecule has 0 bridgehead atoms. The van der Waals surface area contributed by atoms with Gasteiger partial charge in [-0.3, -0.25) is 9.48 Å². The molecule has 1 aliphatic carbocycles. The summed E-state index contributed by atoms with van der Waals surface area (Å²) in [5, 5.41) is 7.24.